The molecule has 0 unspecified atom stereocenters. The number of hydrogen-bond acceptors (Lipinski definition) is 6. The van der Waals surface area contributed by atoms with Gasteiger partial charge in [0.15, 0.2) is 10.8 Å². The largest absolute Gasteiger partial charge is 0.399 e. The highest BCUT2D eigenvalue weighted by atomic mass is 32.2. The van der Waals surface area contributed by atoms with Crippen LogP contribution in [0.15, 0.2) is 35.6 Å². The SMILES string of the molecule is CSc1nc(Nc2cccc(N)c2)n2ncc(C(C)C)c2n1. The van der Waals surface area contributed by atoms with Crippen LogP contribution < -0.4 is 11.1 Å². The van der Waals surface area contributed by atoms with E-state index in [1.807, 2.05) is 36.7 Å². The third kappa shape index (κ3) is 2.71. The smallest absolute Gasteiger partial charge is 0.232 e. The molecule has 114 valence electrons. The average molecular weight is 314 g/mol. The predicted octanol–water partition coefficient (Wildman–Crippen LogP) is 3.30. The van der Waals surface area contributed by atoms with Gasteiger partial charge in [0.25, 0.3) is 0 Å². The summed E-state index contributed by atoms with van der Waals surface area (Å²) in [4.78, 5) is 9.10. The minimum absolute atomic E-state index is 0.349. The number of nitrogen functional groups attached to an aromatic ring is 1. The second-order valence-electron chi connectivity index (χ2n) is 5.27. The second kappa shape index (κ2) is 5.84. The van der Waals surface area contributed by atoms with Crippen LogP contribution in [0.1, 0.15) is 25.3 Å². The van der Waals surface area contributed by atoms with E-state index in [2.05, 4.69) is 34.2 Å². The van der Waals surface area contributed by atoms with Gasteiger partial charge in [0.1, 0.15) is 0 Å². The summed E-state index contributed by atoms with van der Waals surface area (Å²) in [6.07, 6.45) is 3.81. The van der Waals surface area contributed by atoms with Crippen LogP contribution in [0.3, 0.4) is 0 Å². The maximum absolute atomic E-state index is 5.83. The number of hydrogen-bond donors (Lipinski definition) is 2. The highest BCUT2D eigenvalue weighted by molar-refractivity contribution is 7.98. The van der Waals surface area contributed by atoms with Crippen molar-refractivity contribution in [3.8, 4) is 0 Å². The quantitative estimate of drug-likeness (QED) is 0.568. The molecule has 2 aromatic heterocycles. The molecule has 2 heterocycles. The van der Waals surface area contributed by atoms with Crippen molar-refractivity contribution in [1.82, 2.24) is 19.6 Å². The van der Waals surface area contributed by atoms with Crippen molar-refractivity contribution in [1.29, 1.82) is 0 Å². The topological polar surface area (TPSA) is 81.1 Å². The van der Waals surface area contributed by atoms with Gasteiger partial charge in [-0.3, -0.25) is 0 Å². The van der Waals surface area contributed by atoms with Crippen LogP contribution in [-0.4, -0.2) is 25.8 Å². The molecule has 6 nitrogen and oxygen atoms in total. The van der Waals surface area contributed by atoms with Gasteiger partial charge < -0.3 is 11.1 Å². The highest BCUT2D eigenvalue weighted by Crippen LogP contribution is 2.25. The van der Waals surface area contributed by atoms with Gasteiger partial charge in [-0.2, -0.15) is 14.6 Å². The van der Waals surface area contributed by atoms with E-state index >= 15 is 0 Å². The summed E-state index contributed by atoms with van der Waals surface area (Å²) in [5.74, 6) is 0.981. The van der Waals surface area contributed by atoms with Gasteiger partial charge in [-0.05, 0) is 30.4 Å². The van der Waals surface area contributed by atoms with E-state index in [0.717, 1.165) is 16.9 Å². The van der Waals surface area contributed by atoms with Gasteiger partial charge in [-0.15, -0.1) is 0 Å². The number of nitrogens with two attached hydrogens (primary N) is 1. The molecule has 0 atom stereocenters. The zero-order chi connectivity index (χ0) is 15.7. The number of fused-ring (bicyclic) bond motifs is 1. The fourth-order valence-electron chi connectivity index (χ4n) is 2.20. The van der Waals surface area contributed by atoms with Gasteiger partial charge in [-0.25, -0.2) is 4.98 Å². The van der Waals surface area contributed by atoms with Gasteiger partial charge >= 0.3 is 0 Å². The lowest BCUT2D eigenvalue weighted by molar-refractivity contribution is 0.837. The van der Waals surface area contributed by atoms with Crippen LogP contribution in [0, 0.1) is 0 Å². The fraction of sp³-hybridized carbons (Fsp3) is 0.267. The first-order valence-electron chi connectivity index (χ1n) is 7.00. The summed E-state index contributed by atoms with van der Waals surface area (Å²) in [6, 6.07) is 7.54. The first kappa shape index (κ1) is 14.6. The number of rotatable bonds is 4. The molecule has 0 amide bonds. The molecule has 0 aliphatic carbocycles. The van der Waals surface area contributed by atoms with E-state index in [-0.39, 0.29) is 0 Å². The number of aromatic nitrogens is 4. The van der Waals surface area contributed by atoms with Crippen molar-refractivity contribution in [2.45, 2.75) is 24.9 Å². The Morgan fingerprint density at radius 3 is 2.77 bits per heavy atom. The maximum atomic E-state index is 5.83. The Bertz CT molecular complexity index is 811. The van der Waals surface area contributed by atoms with Crippen LogP contribution in [0.5, 0.6) is 0 Å². The van der Waals surface area contributed by atoms with Crippen LogP contribution >= 0.6 is 11.8 Å². The molecule has 0 aliphatic rings. The zero-order valence-electron chi connectivity index (χ0n) is 12.7. The minimum Gasteiger partial charge on any atom is -0.399 e. The van der Waals surface area contributed by atoms with Crippen molar-refractivity contribution in [3.05, 3.63) is 36.0 Å². The van der Waals surface area contributed by atoms with E-state index in [1.165, 1.54) is 11.8 Å². The van der Waals surface area contributed by atoms with E-state index in [4.69, 9.17) is 5.73 Å². The Hall–Kier alpha value is -2.28. The molecule has 7 heteroatoms. The van der Waals surface area contributed by atoms with Crippen molar-refractivity contribution < 1.29 is 0 Å². The number of thioether (sulfide) groups is 1. The van der Waals surface area contributed by atoms with Gasteiger partial charge in [0.2, 0.25) is 5.95 Å². The molecule has 0 radical (unpaired) electrons. The van der Waals surface area contributed by atoms with Gasteiger partial charge in [0.05, 0.1) is 6.20 Å². The van der Waals surface area contributed by atoms with Gasteiger partial charge in [-0.1, -0.05) is 31.7 Å². The fourth-order valence-corrected chi connectivity index (χ4v) is 2.56. The highest BCUT2D eigenvalue weighted by Gasteiger charge is 2.15. The molecule has 0 saturated heterocycles. The lowest BCUT2D eigenvalue weighted by Crippen LogP contribution is -2.06. The Kier molecular flexibility index (Phi) is 3.89. The average Bonchev–Trinajstić information content (AvgIpc) is 2.91. The summed E-state index contributed by atoms with van der Waals surface area (Å²) in [5.41, 5.74) is 9.33. The summed E-state index contributed by atoms with van der Waals surface area (Å²) in [5, 5.41) is 8.40. The second-order valence-corrected chi connectivity index (χ2v) is 6.05. The molecule has 1 aromatic carbocycles. The van der Waals surface area contributed by atoms with E-state index in [9.17, 15) is 0 Å². The maximum Gasteiger partial charge on any atom is 0.232 e. The van der Waals surface area contributed by atoms with Crippen LogP contribution in [0.4, 0.5) is 17.3 Å². The summed E-state index contributed by atoms with van der Waals surface area (Å²) in [6.45, 7) is 4.26. The third-order valence-electron chi connectivity index (χ3n) is 3.32. The van der Waals surface area contributed by atoms with E-state index in [0.29, 0.717) is 22.7 Å². The molecular weight excluding hydrogens is 296 g/mol. The van der Waals surface area contributed by atoms with Crippen LogP contribution in [-0.2, 0) is 0 Å². The molecule has 0 aliphatic heterocycles. The molecule has 22 heavy (non-hydrogen) atoms. The normalized spacial score (nSPS) is 11.3. The number of benzene rings is 1. The minimum atomic E-state index is 0.349. The Morgan fingerprint density at radius 2 is 2.09 bits per heavy atom. The molecule has 0 fully saturated rings. The van der Waals surface area contributed by atoms with Crippen LogP contribution in [0.25, 0.3) is 5.65 Å². The van der Waals surface area contributed by atoms with E-state index in [1.54, 1.807) is 4.52 Å². The Morgan fingerprint density at radius 1 is 1.27 bits per heavy atom. The molecule has 3 N–H and O–H groups in total. The molecular formula is C15H18N6S. The lowest BCUT2D eigenvalue weighted by atomic mass is 10.1. The Balaban J connectivity index is 2.12. The third-order valence-corrected chi connectivity index (χ3v) is 3.87. The molecule has 0 bridgehead atoms. The van der Waals surface area contributed by atoms with Crippen molar-refractivity contribution in [2.75, 3.05) is 17.3 Å². The molecule has 0 spiro atoms. The summed E-state index contributed by atoms with van der Waals surface area (Å²) in [7, 11) is 0. The van der Waals surface area contributed by atoms with E-state index < -0.39 is 0 Å². The van der Waals surface area contributed by atoms with Crippen molar-refractivity contribution >= 4 is 34.7 Å². The Labute approximate surface area is 133 Å². The number of nitrogens with zero attached hydrogens (tertiary/aromatic N) is 4. The zero-order valence-corrected chi connectivity index (χ0v) is 13.6. The summed E-state index contributed by atoms with van der Waals surface area (Å²) < 4.78 is 1.73. The van der Waals surface area contributed by atoms with Crippen molar-refractivity contribution in [2.24, 2.45) is 0 Å². The number of anilines is 3. The van der Waals surface area contributed by atoms with Crippen LogP contribution in [0.2, 0.25) is 0 Å². The molecule has 3 rings (SSSR count). The summed E-state index contributed by atoms with van der Waals surface area (Å²) >= 11 is 1.51. The molecule has 0 saturated carbocycles. The standard InChI is InChI=1S/C15H18N6S/c1-9(2)12-8-17-21-13(12)19-15(22-3)20-14(21)18-11-6-4-5-10(16)7-11/h4-9H,16H2,1-3H3,(H,18,19,20). The monoisotopic (exact) mass is 314 g/mol. The predicted molar refractivity (Wildman–Crippen MR) is 90.8 cm³/mol. The molecule has 3 aromatic rings. The van der Waals surface area contributed by atoms with Crippen molar-refractivity contribution in [3.63, 3.8) is 0 Å². The van der Waals surface area contributed by atoms with Gasteiger partial charge in [0, 0.05) is 16.9 Å². The first-order chi connectivity index (χ1) is 10.6. The first-order valence-corrected chi connectivity index (χ1v) is 8.23. The lowest BCUT2D eigenvalue weighted by Gasteiger charge is -2.10. The number of nitrogens with one attached hydrogen (secondary N) is 1.